The second-order valence-corrected chi connectivity index (χ2v) is 9.73. The van der Waals surface area contributed by atoms with E-state index in [1.165, 1.54) is 5.01 Å². The van der Waals surface area contributed by atoms with Crippen molar-refractivity contribution in [3.05, 3.63) is 0 Å². The lowest BCUT2D eigenvalue weighted by Crippen LogP contribution is -2.67. The van der Waals surface area contributed by atoms with E-state index in [-0.39, 0.29) is 23.8 Å². The van der Waals surface area contributed by atoms with Crippen molar-refractivity contribution < 1.29 is 19.8 Å². The van der Waals surface area contributed by atoms with Gasteiger partial charge in [0.25, 0.3) is 5.91 Å². The second kappa shape index (κ2) is 5.09. The number of amides is 2. The molecule has 5 atom stereocenters. The Morgan fingerprint density at radius 3 is 2.18 bits per heavy atom. The summed E-state index contributed by atoms with van der Waals surface area (Å²) in [5.74, 6) is 0.570. The molecule has 4 fully saturated rings. The van der Waals surface area contributed by atoms with E-state index in [0.717, 1.165) is 19.3 Å². The summed E-state index contributed by atoms with van der Waals surface area (Å²) < 4.78 is -0.832. The number of alkyl halides is 1. The number of aliphatic hydroxyl groups is 1. The summed E-state index contributed by atoms with van der Waals surface area (Å²) in [6, 6.07) is -0.155. The molecule has 7 heteroatoms. The van der Waals surface area contributed by atoms with Gasteiger partial charge in [0.2, 0.25) is 0 Å². The second-order valence-electron chi connectivity index (χ2n) is 7.75. The van der Waals surface area contributed by atoms with Crippen LogP contribution in [-0.2, 0) is 4.79 Å². The first-order valence-electron chi connectivity index (χ1n) is 7.83. The summed E-state index contributed by atoms with van der Waals surface area (Å²) in [5, 5.41) is 21.1. The van der Waals surface area contributed by atoms with Gasteiger partial charge in [-0.25, -0.2) is 15.2 Å². The smallest absolute Gasteiger partial charge is 0.423 e. The van der Waals surface area contributed by atoms with E-state index >= 15 is 0 Å². The van der Waals surface area contributed by atoms with E-state index < -0.39 is 16.0 Å². The SMILES string of the molecule is CC(C)(Br)C(=O)N(NC(=O)O)C1[C@@H]2CC3C[C@H]1CC(O)(C3)C2. The monoisotopic (exact) mass is 374 g/mol. The molecule has 22 heavy (non-hydrogen) atoms. The standard InChI is InChI=1S/C15H23BrN2O4/c1-14(2,16)12(19)18(17-13(20)21)11-9-3-8-4-10(11)7-15(22,5-8)6-9/h8-11,17,22H,3-7H2,1-2H3,(H,20,21)/t8?,9-,10+,11?,15?. The molecule has 0 radical (unpaired) electrons. The van der Waals surface area contributed by atoms with Crippen molar-refractivity contribution in [3.63, 3.8) is 0 Å². The Balaban J connectivity index is 1.89. The average molecular weight is 375 g/mol. The highest BCUT2D eigenvalue weighted by atomic mass is 79.9. The normalized spacial score (nSPS) is 39.6. The third-order valence-electron chi connectivity index (χ3n) is 5.43. The van der Waals surface area contributed by atoms with Gasteiger partial charge in [-0.05, 0) is 63.7 Å². The Kier molecular flexibility index (Phi) is 3.72. The van der Waals surface area contributed by atoms with E-state index in [4.69, 9.17) is 5.11 Å². The molecule has 0 aliphatic heterocycles. The van der Waals surface area contributed by atoms with E-state index in [0.29, 0.717) is 18.8 Å². The lowest BCUT2D eigenvalue weighted by molar-refractivity contribution is -0.176. The van der Waals surface area contributed by atoms with Crippen LogP contribution in [0.25, 0.3) is 0 Å². The zero-order valence-electron chi connectivity index (χ0n) is 12.9. The van der Waals surface area contributed by atoms with Crippen LogP contribution in [0.1, 0.15) is 46.0 Å². The van der Waals surface area contributed by atoms with Crippen molar-refractivity contribution in [2.24, 2.45) is 17.8 Å². The summed E-state index contributed by atoms with van der Waals surface area (Å²) in [6.45, 7) is 3.44. The van der Waals surface area contributed by atoms with Gasteiger partial charge in [0.1, 0.15) is 4.32 Å². The van der Waals surface area contributed by atoms with Crippen LogP contribution < -0.4 is 5.43 Å². The highest BCUT2D eigenvalue weighted by molar-refractivity contribution is 9.10. The summed E-state index contributed by atoms with van der Waals surface area (Å²) in [7, 11) is 0. The van der Waals surface area contributed by atoms with Crippen molar-refractivity contribution in [2.45, 2.75) is 61.9 Å². The first kappa shape index (κ1) is 16.1. The average Bonchev–Trinajstić information content (AvgIpc) is 2.32. The van der Waals surface area contributed by atoms with Crippen molar-refractivity contribution in [1.29, 1.82) is 0 Å². The molecule has 4 aliphatic carbocycles. The molecule has 3 unspecified atom stereocenters. The fourth-order valence-corrected chi connectivity index (χ4v) is 5.22. The van der Waals surface area contributed by atoms with E-state index in [1.807, 2.05) is 0 Å². The number of nitrogens with one attached hydrogen (secondary N) is 1. The number of carbonyl (C=O) groups is 2. The van der Waals surface area contributed by atoms with Gasteiger partial charge < -0.3 is 10.2 Å². The lowest BCUT2D eigenvalue weighted by Gasteiger charge is -2.59. The van der Waals surface area contributed by atoms with Crippen molar-refractivity contribution in [2.75, 3.05) is 0 Å². The zero-order chi connectivity index (χ0) is 16.3. The van der Waals surface area contributed by atoms with Gasteiger partial charge in [-0.15, -0.1) is 0 Å². The van der Waals surface area contributed by atoms with E-state index in [2.05, 4.69) is 21.4 Å². The maximum absolute atomic E-state index is 12.7. The molecule has 2 amide bonds. The van der Waals surface area contributed by atoms with Crippen LogP contribution in [0.2, 0.25) is 0 Å². The molecule has 0 saturated heterocycles. The summed E-state index contributed by atoms with van der Waals surface area (Å²) in [5.41, 5.74) is 1.71. The molecule has 6 nitrogen and oxygen atoms in total. The summed E-state index contributed by atoms with van der Waals surface area (Å²) in [6.07, 6.45) is 2.90. The quantitative estimate of drug-likeness (QED) is 0.509. The van der Waals surface area contributed by atoms with Crippen LogP contribution in [0.4, 0.5) is 4.79 Å². The Labute approximate surface area is 138 Å². The van der Waals surface area contributed by atoms with Gasteiger partial charge >= 0.3 is 6.09 Å². The number of rotatable bonds is 2. The highest BCUT2D eigenvalue weighted by Gasteiger charge is 2.57. The molecule has 0 aromatic heterocycles. The maximum Gasteiger partial charge on any atom is 0.423 e. The van der Waals surface area contributed by atoms with Crippen LogP contribution in [-0.4, -0.2) is 43.2 Å². The summed E-state index contributed by atoms with van der Waals surface area (Å²) in [4.78, 5) is 23.9. The first-order valence-corrected chi connectivity index (χ1v) is 8.63. The van der Waals surface area contributed by atoms with E-state index in [9.17, 15) is 14.7 Å². The Hall–Kier alpha value is -0.820. The molecule has 0 spiro atoms. The van der Waals surface area contributed by atoms with Gasteiger partial charge in [-0.1, -0.05) is 15.9 Å². The van der Waals surface area contributed by atoms with Crippen molar-refractivity contribution >= 4 is 27.9 Å². The molecule has 4 rings (SSSR count). The maximum atomic E-state index is 12.7. The van der Waals surface area contributed by atoms with Crippen LogP contribution in [0.3, 0.4) is 0 Å². The van der Waals surface area contributed by atoms with Gasteiger partial charge in [0.15, 0.2) is 0 Å². The third kappa shape index (κ3) is 2.73. The number of carbonyl (C=O) groups excluding carboxylic acids is 1. The van der Waals surface area contributed by atoms with Crippen molar-refractivity contribution in [3.8, 4) is 0 Å². The van der Waals surface area contributed by atoms with E-state index in [1.54, 1.807) is 13.8 Å². The number of halogens is 1. The highest BCUT2D eigenvalue weighted by Crippen LogP contribution is 2.57. The molecule has 124 valence electrons. The molecule has 0 aromatic carbocycles. The topological polar surface area (TPSA) is 89.9 Å². The molecular weight excluding hydrogens is 352 g/mol. The largest absolute Gasteiger partial charge is 0.464 e. The molecular formula is C15H23BrN2O4. The fourth-order valence-electron chi connectivity index (χ4n) is 5.03. The number of nitrogens with zero attached hydrogens (tertiary/aromatic N) is 1. The Morgan fingerprint density at radius 1 is 1.23 bits per heavy atom. The van der Waals surface area contributed by atoms with Crippen molar-refractivity contribution in [1.82, 2.24) is 10.4 Å². The number of carboxylic acid groups (broad SMARTS) is 1. The predicted molar refractivity (Wildman–Crippen MR) is 83.3 cm³/mol. The minimum Gasteiger partial charge on any atom is -0.464 e. The van der Waals surface area contributed by atoms with Crippen LogP contribution >= 0.6 is 15.9 Å². The molecule has 4 bridgehead atoms. The predicted octanol–water partition coefficient (Wildman–Crippen LogP) is 2.11. The van der Waals surface area contributed by atoms with Gasteiger partial charge in [-0.3, -0.25) is 4.79 Å². The molecule has 4 saturated carbocycles. The van der Waals surface area contributed by atoms with Gasteiger partial charge in [-0.2, -0.15) is 0 Å². The first-order chi connectivity index (χ1) is 10.1. The minimum atomic E-state index is -1.22. The van der Waals surface area contributed by atoms with Crippen LogP contribution in [0, 0.1) is 17.8 Å². The molecule has 4 aliphatic rings. The van der Waals surface area contributed by atoms with Gasteiger partial charge in [0, 0.05) is 0 Å². The Bertz CT molecular complexity index is 488. The number of hydrogen-bond donors (Lipinski definition) is 3. The zero-order valence-corrected chi connectivity index (χ0v) is 14.5. The summed E-state index contributed by atoms with van der Waals surface area (Å²) >= 11 is 3.34. The molecule has 0 aromatic rings. The lowest BCUT2D eigenvalue weighted by atomic mass is 9.52. The third-order valence-corrected chi connectivity index (χ3v) is 5.77. The number of hydrazine groups is 1. The Morgan fingerprint density at radius 2 is 1.77 bits per heavy atom. The number of hydrogen-bond acceptors (Lipinski definition) is 3. The molecule has 0 heterocycles. The molecule has 3 N–H and O–H groups in total. The van der Waals surface area contributed by atoms with Crippen LogP contribution in [0.15, 0.2) is 0 Å². The van der Waals surface area contributed by atoms with Crippen LogP contribution in [0.5, 0.6) is 0 Å². The fraction of sp³-hybridized carbons (Fsp3) is 0.867. The minimum absolute atomic E-state index is 0.155. The van der Waals surface area contributed by atoms with Gasteiger partial charge in [0.05, 0.1) is 11.6 Å².